The lowest BCUT2D eigenvalue weighted by Crippen LogP contribution is -2.20. The number of aromatic nitrogens is 3. The van der Waals surface area contributed by atoms with Crippen LogP contribution in [0.2, 0.25) is 0 Å². The molecule has 0 aliphatic carbocycles. The number of nitrogens with two attached hydrogens (primary N) is 1. The lowest BCUT2D eigenvalue weighted by atomic mass is 9.87. The van der Waals surface area contributed by atoms with Crippen LogP contribution in [0.25, 0.3) is 11.0 Å². The van der Waals surface area contributed by atoms with Gasteiger partial charge >= 0.3 is 0 Å². The van der Waals surface area contributed by atoms with Crippen molar-refractivity contribution < 1.29 is 9.84 Å². The number of H-pyrrole nitrogens is 1. The minimum absolute atomic E-state index is 0.0507. The normalized spacial score (nSPS) is 28.0. The number of nitrogen functional groups attached to an aromatic ring is 1. The highest BCUT2D eigenvalue weighted by Crippen LogP contribution is 2.42. The molecule has 3 heterocycles. The Morgan fingerprint density at radius 1 is 1.61 bits per heavy atom. The summed E-state index contributed by atoms with van der Waals surface area (Å²) in [4.78, 5) is 11.3. The second kappa shape index (κ2) is 3.93. The SMILES string of the molecule is C[C@@]1(CO)CO[C@H](c2c[nH]c3c(N)ncnc23)C1. The quantitative estimate of drug-likeness (QED) is 0.736. The van der Waals surface area contributed by atoms with Gasteiger partial charge in [-0.1, -0.05) is 6.92 Å². The fraction of sp³-hybridized carbons (Fsp3) is 0.500. The van der Waals surface area contributed by atoms with Crippen LogP contribution in [0, 0.1) is 5.41 Å². The van der Waals surface area contributed by atoms with Gasteiger partial charge in [0.05, 0.1) is 24.8 Å². The van der Waals surface area contributed by atoms with Gasteiger partial charge in [-0.2, -0.15) is 0 Å². The number of hydrogen-bond acceptors (Lipinski definition) is 5. The van der Waals surface area contributed by atoms with Crippen molar-refractivity contribution in [2.45, 2.75) is 19.4 Å². The largest absolute Gasteiger partial charge is 0.396 e. The summed E-state index contributed by atoms with van der Waals surface area (Å²) in [6.45, 7) is 2.70. The Morgan fingerprint density at radius 3 is 3.17 bits per heavy atom. The van der Waals surface area contributed by atoms with Crippen LogP contribution in [0.5, 0.6) is 0 Å². The predicted octanol–water partition coefficient (Wildman–Crippen LogP) is 1.00. The van der Waals surface area contributed by atoms with E-state index < -0.39 is 0 Å². The van der Waals surface area contributed by atoms with Crippen LogP contribution < -0.4 is 5.73 Å². The van der Waals surface area contributed by atoms with E-state index in [9.17, 15) is 5.11 Å². The van der Waals surface area contributed by atoms with Crippen molar-refractivity contribution >= 4 is 16.9 Å². The highest BCUT2D eigenvalue weighted by Gasteiger charge is 2.37. The molecule has 1 fully saturated rings. The molecule has 0 amide bonds. The molecule has 2 aromatic heterocycles. The highest BCUT2D eigenvalue weighted by atomic mass is 16.5. The van der Waals surface area contributed by atoms with E-state index in [2.05, 4.69) is 15.0 Å². The van der Waals surface area contributed by atoms with E-state index in [1.54, 1.807) is 0 Å². The molecule has 1 aliphatic rings. The minimum Gasteiger partial charge on any atom is -0.396 e. The first-order chi connectivity index (χ1) is 8.63. The van der Waals surface area contributed by atoms with Gasteiger partial charge in [0.15, 0.2) is 5.82 Å². The number of hydrogen-bond donors (Lipinski definition) is 3. The summed E-state index contributed by atoms with van der Waals surface area (Å²) in [6, 6.07) is 0. The summed E-state index contributed by atoms with van der Waals surface area (Å²) < 4.78 is 5.77. The van der Waals surface area contributed by atoms with Gasteiger partial charge in [-0.3, -0.25) is 0 Å². The minimum atomic E-state index is -0.174. The second-order valence-corrected chi connectivity index (χ2v) is 5.20. The van der Waals surface area contributed by atoms with Gasteiger partial charge in [0.2, 0.25) is 0 Å². The van der Waals surface area contributed by atoms with E-state index in [0.717, 1.165) is 23.0 Å². The number of nitrogens with one attached hydrogen (secondary N) is 1. The number of anilines is 1. The molecule has 0 saturated carbocycles. The standard InChI is InChI=1S/C12H16N4O2/c1-12(4-17)2-8(18-5-12)7-3-14-10-9(7)15-6-16-11(10)13/h3,6,8,14,17H,2,4-5H2,1H3,(H2,13,15,16)/t8-,12+/m0/s1. The summed E-state index contributed by atoms with van der Waals surface area (Å²) in [7, 11) is 0. The topological polar surface area (TPSA) is 97.0 Å². The zero-order valence-corrected chi connectivity index (χ0v) is 10.2. The van der Waals surface area contributed by atoms with E-state index in [-0.39, 0.29) is 18.1 Å². The molecule has 6 heteroatoms. The Hall–Kier alpha value is -1.66. The van der Waals surface area contributed by atoms with Crippen LogP contribution in [0.3, 0.4) is 0 Å². The monoisotopic (exact) mass is 248 g/mol. The molecule has 0 radical (unpaired) electrons. The number of aromatic amines is 1. The third-order valence-electron chi connectivity index (χ3n) is 3.56. The van der Waals surface area contributed by atoms with Gasteiger partial charge in [0, 0.05) is 17.2 Å². The lowest BCUT2D eigenvalue weighted by molar-refractivity contribution is 0.0800. The number of nitrogens with zero attached hydrogens (tertiary/aromatic N) is 2. The first kappa shape index (κ1) is 11.4. The van der Waals surface area contributed by atoms with Gasteiger partial charge in [-0.05, 0) is 6.42 Å². The molecule has 1 saturated heterocycles. The molecule has 1 aliphatic heterocycles. The zero-order valence-electron chi connectivity index (χ0n) is 10.2. The average molecular weight is 248 g/mol. The van der Waals surface area contributed by atoms with Crippen LogP contribution in [0.1, 0.15) is 25.0 Å². The molecule has 18 heavy (non-hydrogen) atoms. The van der Waals surface area contributed by atoms with Crippen molar-refractivity contribution in [1.82, 2.24) is 15.0 Å². The number of fused-ring (bicyclic) bond motifs is 1. The van der Waals surface area contributed by atoms with Gasteiger partial charge in [-0.25, -0.2) is 9.97 Å². The van der Waals surface area contributed by atoms with Crippen molar-refractivity contribution in [3.8, 4) is 0 Å². The summed E-state index contributed by atoms with van der Waals surface area (Å²) in [5.41, 5.74) is 8.14. The number of aliphatic hydroxyl groups is 1. The maximum Gasteiger partial charge on any atom is 0.151 e. The Morgan fingerprint density at radius 2 is 2.44 bits per heavy atom. The van der Waals surface area contributed by atoms with Crippen molar-refractivity contribution in [3.63, 3.8) is 0 Å². The van der Waals surface area contributed by atoms with Crippen molar-refractivity contribution in [1.29, 1.82) is 0 Å². The van der Waals surface area contributed by atoms with Gasteiger partial charge in [0.25, 0.3) is 0 Å². The summed E-state index contributed by atoms with van der Waals surface area (Å²) >= 11 is 0. The van der Waals surface area contributed by atoms with Crippen molar-refractivity contribution in [3.05, 3.63) is 18.1 Å². The van der Waals surface area contributed by atoms with E-state index in [1.165, 1.54) is 6.33 Å². The fourth-order valence-electron chi connectivity index (χ4n) is 2.40. The number of aliphatic hydroxyl groups excluding tert-OH is 1. The molecule has 0 unspecified atom stereocenters. The van der Waals surface area contributed by atoms with Gasteiger partial charge in [-0.15, -0.1) is 0 Å². The van der Waals surface area contributed by atoms with Crippen LogP contribution in [-0.2, 0) is 4.74 Å². The Labute approximate surface area is 104 Å². The first-order valence-electron chi connectivity index (χ1n) is 5.93. The van der Waals surface area contributed by atoms with Crippen molar-refractivity contribution in [2.24, 2.45) is 5.41 Å². The van der Waals surface area contributed by atoms with Crippen LogP contribution in [-0.4, -0.2) is 33.3 Å². The molecular formula is C12H16N4O2. The van der Waals surface area contributed by atoms with Crippen LogP contribution in [0.15, 0.2) is 12.5 Å². The molecule has 96 valence electrons. The lowest BCUT2D eigenvalue weighted by Gasteiger charge is -2.17. The molecule has 2 atom stereocenters. The maximum absolute atomic E-state index is 9.36. The van der Waals surface area contributed by atoms with E-state index in [1.807, 2.05) is 13.1 Å². The van der Waals surface area contributed by atoms with Gasteiger partial charge < -0.3 is 20.6 Å². The molecule has 0 bridgehead atoms. The van der Waals surface area contributed by atoms with Crippen LogP contribution >= 0.6 is 0 Å². The molecule has 4 N–H and O–H groups in total. The Bertz CT molecular complexity index is 582. The highest BCUT2D eigenvalue weighted by molar-refractivity contribution is 5.87. The molecule has 0 aromatic carbocycles. The first-order valence-corrected chi connectivity index (χ1v) is 5.93. The van der Waals surface area contributed by atoms with E-state index in [4.69, 9.17) is 10.5 Å². The molecule has 3 rings (SSSR count). The zero-order chi connectivity index (χ0) is 12.8. The van der Waals surface area contributed by atoms with Gasteiger partial charge in [0.1, 0.15) is 11.8 Å². The van der Waals surface area contributed by atoms with Crippen LogP contribution in [0.4, 0.5) is 5.82 Å². The third kappa shape index (κ3) is 1.65. The summed E-state index contributed by atoms with van der Waals surface area (Å²) in [5.74, 6) is 0.439. The van der Waals surface area contributed by atoms with Crippen molar-refractivity contribution in [2.75, 3.05) is 18.9 Å². The maximum atomic E-state index is 9.36. The molecular weight excluding hydrogens is 232 g/mol. The van der Waals surface area contributed by atoms with E-state index >= 15 is 0 Å². The summed E-state index contributed by atoms with van der Waals surface area (Å²) in [6.07, 6.45) is 4.05. The molecule has 0 spiro atoms. The van der Waals surface area contributed by atoms with E-state index in [0.29, 0.717) is 12.4 Å². The smallest absolute Gasteiger partial charge is 0.151 e. The average Bonchev–Trinajstić information content (AvgIpc) is 2.94. The molecule has 6 nitrogen and oxygen atoms in total. The molecule has 2 aromatic rings. The number of rotatable bonds is 2. The summed E-state index contributed by atoms with van der Waals surface area (Å²) in [5, 5.41) is 9.36. The Kier molecular flexibility index (Phi) is 2.49. The fourth-order valence-corrected chi connectivity index (χ4v) is 2.40. The third-order valence-corrected chi connectivity index (χ3v) is 3.56. The Balaban J connectivity index is 1.99. The predicted molar refractivity (Wildman–Crippen MR) is 66.8 cm³/mol. The second-order valence-electron chi connectivity index (χ2n) is 5.20. The number of ether oxygens (including phenoxy) is 1.